The number of anilines is 3. The van der Waals surface area contributed by atoms with E-state index in [4.69, 9.17) is 8.83 Å². The highest BCUT2D eigenvalue weighted by Gasteiger charge is 2.20. The molecule has 0 atom stereocenters. The number of rotatable bonds is 6. The van der Waals surface area contributed by atoms with E-state index in [0.29, 0.717) is 0 Å². The lowest BCUT2D eigenvalue weighted by Crippen LogP contribution is -2.10. The van der Waals surface area contributed by atoms with Gasteiger partial charge in [-0.25, -0.2) is 0 Å². The molecule has 2 heterocycles. The van der Waals surface area contributed by atoms with Gasteiger partial charge in [0.2, 0.25) is 0 Å². The van der Waals surface area contributed by atoms with E-state index >= 15 is 0 Å². The summed E-state index contributed by atoms with van der Waals surface area (Å²) in [4.78, 5) is 2.34. The molecule has 2 aromatic heterocycles. The molecule has 3 heteroatoms. The van der Waals surface area contributed by atoms with Crippen LogP contribution in [0.3, 0.4) is 0 Å². The second-order valence-corrected chi connectivity index (χ2v) is 12.9. The Kier molecular flexibility index (Phi) is 6.81. The molecule has 0 saturated heterocycles. The first kappa shape index (κ1) is 29.1. The average molecular weight is 654 g/mol. The van der Waals surface area contributed by atoms with Crippen LogP contribution < -0.4 is 4.90 Å². The predicted octanol–water partition coefficient (Wildman–Crippen LogP) is 14.0. The molecule has 10 aromatic rings. The van der Waals surface area contributed by atoms with Crippen LogP contribution in [-0.4, -0.2) is 0 Å². The molecular formula is C48H31NO2. The molecule has 0 aliphatic carbocycles. The summed E-state index contributed by atoms with van der Waals surface area (Å²) in [5, 5.41) is 4.44. The quantitative estimate of drug-likeness (QED) is 0.179. The average Bonchev–Trinajstić information content (AvgIpc) is 3.77. The smallest absolute Gasteiger partial charge is 0.137 e. The van der Waals surface area contributed by atoms with E-state index in [1.807, 2.05) is 12.1 Å². The molecule has 0 N–H and O–H groups in total. The Bertz CT molecular complexity index is 2830. The van der Waals surface area contributed by atoms with Gasteiger partial charge in [-0.2, -0.15) is 0 Å². The van der Waals surface area contributed by atoms with Crippen molar-refractivity contribution >= 4 is 60.9 Å². The van der Waals surface area contributed by atoms with Gasteiger partial charge in [-0.15, -0.1) is 0 Å². The van der Waals surface area contributed by atoms with Crippen LogP contribution in [0.15, 0.2) is 197 Å². The van der Waals surface area contributed by atoms with Crippen molar-refractivity contribution in [3.05, 3.63) is 188 Å². The van der Waals surface area contributed by atoms with Crippen molar-refractivity contribution in [2.75, 3.05) is 4.90 Å². The van der Waals surface area contributed by atoms with E-state index < -0.39 is 0 Å². The van der Waals surface area contributed by atoms with Crippen molar-refractivity contribution < 1.29 is 8.83 Å². The lowest BCUT2D eigenvalue weighted by atomic mass is 10.0. The molecule has 51 heavy (non-hydrogen) atoms. The maximum absolute atomic E-state index is 6.48. The van der Waals surface area contributed by atoms with Gasteiger partial charge in [0, 0.05) is 27.5 Å². The molecule has 3 nitrogen and oxygen atoms in total. The minimum Gasteiger partial charge on any atom is -0.456 e. The molecular weight excluding hydrogens is 623 g/mol. The first-order valence-electron chi connectivity index (χ1n) is 17.2. The van der Waals surface area contributed by atoms with Gasteiger partial charge in [-0.3, -0.25) is 0 Å². The van der Waals surface area contributed by atoms with Gasteiger partial charge in [0.25, 0.3) is 0 Å². The van der Waals surface area contributed by atoms with Crippen LogP contribution in [0, 0.1) is 0 Å². The van der Waals surface area contributed by atoms with Gasteiger partial charge in [-0.05, 0) is 100 Å². The number of fused-ring (bicyclic) bond motifs is 6. The molecule has 0 unspecified atom stereocenters. The van der Waals surface area contributed by atoms with Crippen LogP contribution in [0.5, 0.6) is 0 Å². The molecule has 0 aliphatic heterocycles. The van der Waals surface area contributed by atoms with Crippen molar-refractivity contribution in [3.63, 3.8) is 0 Å². The topological polar surface area (TPSA) is 29.5 Å². The van der Waals surface area contributed by atoms with Gasteiger partial charge in [0.15, 0.2) is 0 Å². The number of hydrogen-bond donors (Lipinski definition) is 0. The summed E-state index contributed by atoms with van der Waals surface area (Å²) >= 11 is 0. The molecule has 0 spiro atoms. The first-order chi connectivity index (χ1) is 25.3. The molecule has 10 rings (SSSR count). The van der Waals surface area contributed by atoms with Gasteiger partial charge >= 0.3 is 0 Å². The third-order valence-corrected chi connectivity index (χ3v) is 9.89. The highest BCUT2D eigenvalue weighted by Crippen LogP contribution is 2.44. The van der Waals surface area contributed by atoms with Crippen LogP contribution in [0.25, 0.3) is 77.3 Å². The van der Waals surface area contributed by atoms with Crippen molar-refractivity contribution in [2.24, 2.45) is 0 Å². The Hall–Kier alpha value is -6.84. The van der Waals surface area contributed by atoms with E-state index in [0.717, 1.165) is 77.6 Å². The second-order valence-electron chi connectivity index (χ2n) is 12.9. The Morgan fingerprint density at radius 3 is 1.51 bits per heavy atom. The largest absolute Gasteiger partial charge is 0.456 e. The van der Waals surface area contributed by atoms with Gasteiger partial charge in [0.1, 0.15) is 22.3 Å². The molecule has 0 radical (unpaired) electrons. The van der Waals surface area contributed by atoms with Gasteiger partial charge in [0.05, 0.1) is 11.1 Å². The lowest BCUT2D eigenvalue weighted by Gasteiger charge is -2.26. The summed E-state index contributed by atoms with van der Waals surface area (Å²) in [6.07, 6.45) is 0. The zero-order valence-corrected chi connectivity index (χ0v) is 27.7. The van der Waals surface area contributed by atoms with Crippen LogP contribution >= 0.6 is 0 Å². The fourth-order valence-electron chi connectivity index (χ4n) is 7.37. The van der Waals surface area contributed by atoms with Crippen molar-refractivity contribution in [1.29, 1.82) is 0 Å². The Morgan fingerprint density at radius 2 is 0.784 bits per heavy atom. The van der Waals surface area contributed by atoms with E-state index in [-0.39, 0.29) is 0 Å². The highest BCUT2D eigenvalue weighted by atomic mass is 16.3. The fourth-order valence-corrected chi connectivity index (χ4v) is 7.37. The minimum atomic E-state index is 0.856. The van der Waals surface area contributed by atoms with Crippen molar-refractivity contribution in [3.8, 4) is 33.4 Å². The zero-order valence-electron chi connectivity index (χ0n) is 27.7. The van der Waals surface area contributed by atoms with Crippen LogP contribution in [0.4, 0.5) is 17.1 Å². The summed E-state index contributed by atoms with van der Waals surface area (Å²) in [6, 6.07) is 66.2. The number of para-hydroxylation sites is 1. The monoisotopic (exact) mass is 653 g/mol. The molecule has 0 saturated carbocycles. The van der Waals surface area contributed by atoms with E-state index in [2.05, 4.69) is 181 Å². The summed E-state index contributed by atoms with van der Waals surface area (Å²) in [5.41, 5.74) is 13.6. The molecule has 8 aromatic carbocycles. The van der Waals surface area contributed by atoms with Crippen molar-refractivity contribution in [1.82, 2.24) is 0 Å². The van der Waals surface area contributed by atoms with Crippen molar-refractivity contribution in [2.45, 2.75) is 0 Å². The second kappa shape index (κ2) is 11.9. The maximum atomic E-state index is 6.48. The Balaban J connectivity index is 1.12. The Labute approximate surface area is 295 Å². The van der Waals surface area contributed by atoms with E-state index in [9.17, 15) is 0 Å². The number of nitrogens with zero attached hydrogens (tertiary/aromatic N) is 1. The van der Waals surface area contributed by atoms with Crippen LogP contribution in [0.1, 0.15) is 0 Å². The maximum Gasteiger partial charge on any atom is 0.137 e. The molecule has 0 bridgehead atoms. The fraction of sp³-hybridized carbons (Fsp3) is 0. The van der Waals surface area contributed by atoms with Gasteiger partial charge < -0.3 is 13.7 Å². The molecule has 0 amide bonds. The number of benzene rings is 8. The molecule has 0 fully saturated rings. The number of furan rings is 2. The minimum absolute atomic E-state index is 0.856. The lowest BCUT2D eigenvalue weighted by molar-refractivity contribution is 0.668. The summed E-state index contributed by atoms with van der Waals surface area (Å²) in [5.74, 6) is 0. The van der Waals surface area contributed by atoms with Gasteiger partial charge in [-0.1, -0.05) is 121 Å². The highest BCUT2D eigenvalue weighted by molar-refractivity contribution is 6.14. The summed E-state index contributed by atoms with van der Waals surface area (Å²) in [6.45, 7) is 0. The summed E-state index contributed by atoms with van der Waals surface area (Å²) in [7, 11) is 0. The third kappa shape index (κ3) is 5.06. The first-order valence-corrected chi connectivity index (χ1v) is 17.2. The summed E-state index contributed by atoms with van der Waals surface area (Å²) < 4.78 is 12.7. The van der Waals surface area contributed by atoms with Crippen LogP contribution in [-0.2, 0) is 0 Å². The molecule has 240 valence electrons. The van der Waals surface area contributed by atoms with Crippen LogP contribution in [0.2, 0.25) is 0 Å². The molecule has 0 aliphatic rings. The Morgan fingerprint density at radius 1 is 0.294 bits per heavy atom. The van der Waals surface area contributed by atoms with E-state index in [1.165, 1.54) is 16.7 Å². The third-order valence-electron chi connectivity index (χ3n) is 9.89. The standard InChI is InChI=1S/C48H31NO2/c1-3-10-32(11-4-1)34-18-24-38(25-19-34)49(39-26-20-35(21-27-39)37-22-28-41-40-14-7-8-16-44(40)51-47(41)31-37)43-15-9-17-46-48(43)42-30-36(23-29-45(42)50-46)33-12-5-2-6-13-33/h1-31H. The zero-order chi connectivity index (χ0) is 33.7. The normalized spacial score (nSPS) is 11.5. The predicted molar refractivity (Wildman–Crippen MR) is 212 cm³/mol. The number of hydrogen-bond acceptors (Lipinski definition) is 3. The van der Waals surface area contributed by atoms with E-state index in [1.54, 1.807) is 0 Å². The SMILES string of the molecule is c1ccc(-c2ccc(N(c3ccc(-c4ccc5c(c4)oc4ccccc45)cc3)c3cccc4oc5ccc(-c6ccccc6)cc5c34)cc2)cc1.